The molecule has 2 heterocycles. The number of para-hydroxylation sites is 1. The Labute approximate surface area is 340 Å². The molecular formula is C57H36O2. The number of benzene rings is 10. The zero-order valence-electron chi connectivity index (χ0n) is 32.6. The Hall–Kier alpha value is -7.42. The molecule has 0 saturated carbocycles. The summed E-state index contributed by atoms with van der Waals surface area (Å²) in [4.78, 5) is 0. The van der Waals surface area contributed by atoms with E-state index in [1.54, 1.807) is 0 Å². The molecule has 2 nitrogen and oxygen atoms in total. The van der Waals surface area contributed by atoms with Crippen molar-refractivity contribution in [2.24, 2.45) is 0 Å². The van der Waals surface area contributed by atoms with Crippen LogP contribution in [0.3, 0.4) is 0 Å². The zero-order chi connectivity index (χ0) is 39.0. The highest BCUT2D eigenvalue weighted by atomic mass is 16.3. The molecule has 13 rings (SSSR count). The van der Waals surface area contributed by atoms with Crippen molar-refractivity contribution >= 4 is 76.2 Å². The maximum Gasteiger partial charge on any atom is 0.140 e. The Morgan fingerprint density at radius 3 is 1.68 bits per heavy atom. The normalized spacial score (nSPS) is 13.4. The Morgan fingerprint density at radius 2 is 0.915 bits per heavy atom. The molecule has 0 amide bonds. The lowest BCUT2D eigenvalue weighted by Gasteiger charge is -2.21. The van der Waals surface area contributed by atoms with E-state index in [9.17, 15) is 0 Å². The molecule has 0 atom stereocenters. The van der Waals surface area contributed by atoms with Gasteiger partial charge < -0.3 is 8.83 Å². The first kappa shape index (κ1) is 32.6. The quantitative estimate of drug-likeness (QED) is 0.168. The van der Waals surface area contributed by atoms with Gasteiger partial charge in [-0.05, 0) is 125 Å². The van der Waals surface area contributed by atoms with Crippen molar-refractivity contribution in [3.05, 3.63) is 193 Å². The molecule has 2 heteroatoms. The largest absolute Gasteiger partial charge is 0.456 e. The van der Waals surface area contributed by atoms with Crippen LogP contribution in [0.1, 0.15) is 25.0 Å². The third kappa shape index (κ3) is 4.57. The Morgan fingerprint density at radius 1 is 0.339 bits per heavy atom. The fraction of sp³-hybridized carbons (Fsp3) is 0.0526. The highest BCUT2D eigenvalue weighted by Gasteiger charge is 2.38. The van der Waals surface area contributed by atoms with Crippen molar-refractivity contribution in [3.8, 4) is 44.5 Å². The van der Waals surface area contributed by atoms with Crippen LogP contribution in [0.25, 0.3) is 121 Å². The van der Waals surface area contributed by atoms with Gasteiger partial charge in [0.1, 0.15) is 22.3 Å². The van der Waals surface area contributed by atoms with Gasteiger partial charge in [0.05, 0.1) is 0 Å². The van der Waals surface area contributed by atoms with E-state index < -0.39 is 0 Å². The van der Waals surface area contributed by atoms with Crippen LogP contribution in [0.15, 0.2) is 191 Å². The Kier molecular flexibility index (Phi) is 6.54. The van der Waals surface area contributed by atoms with Crippen LogP contribution in [-0.4, -0.2) is 0 Å². The van der Waals surface area contributed by atoms with Gasteiger partial charge in [0.25, 0.3) is 0 Å². The minimum Gasteiger partial charge on any atom is -0.456 e. The molecule has 59 heavy (non-hydrogen) atoms. The van der Waals surface area contributed by atoms with Gasteiger partial charge in [0, 0.05) is 32.5 Å². The molecule has 10 aromatic carbocycles. The second-order valence-electron chi connectivity index (χ2n) is 16.8. The van der Waals surface area contributed by atoms with Gasteiger partial charge in [-0.1, -0.05) is 153 Å². The summed E-state index contributed by atoms with van der Waals surface area (Å²) in [7, 11) is 0. The summed E-state index contributed by atoms with van der Waals surface area (Å²) < 4.78 is 13.1. The SMILES string of the molecule is CC1(C)c2ccccc2-c2ccc3c(oc4cc5ccc(-c6ccc(-c7c8ccccc8c(-c8ccc9c(c8)oc8ccccc89)c8ccccc78)cc6)cc5cc43)c21. The van der Waals surface area contributed by atoms with Crippen LogP contribution in [0, 0.1) is 0 Å². The number of hydrogen-bond acceptors (Lipinski definition) is 2. The maximum absolute atomic E-state index is 6.76. The molecule has 0 unspecified atom stereocenters. The molecule has 0 N–H and O–H groups in total. The summed E-state index contributed by atoms with van der Waals surface area (Å²) in [6.45, 7) is 4.64. The molecule has 0 fully saturated rings. The van der Waals surface area contributed by atoms with Crippen LogP contribution in [0.4, 0.5) is 0 Å². The number of rotatable bonds is 3. The Balaban J connectivity index is 0.915. The van der Waals surface area contributed by atoms with Crippen LogP contribution < -0.4 is 0 Å². The van der Waals surface area contributed by atoms with E-state index >= 15 is 0 Å². The lowest BCUT2D eigenvalue weighted by atomic mass is 9.82. The van der Waals surface area contributed by atoms with Crippen LogP contribution in [0.2, 0.25) is 0 Å². The smallest absolute Gasteiger partial charge is 0.140 e. The molecule has 1 aliphatic rings. The van der Waals surface area contributed by atoms with Crippen molar-refractivity contribution in [3.63, 3.8) is 0 Å². The molecular weight excluding hydrogens is 717 g/mol. The first-order valence-corrected chi connectivity index (χ1v) is 20.5. The summed E-state index contributed by atoms with van der Waals surface area (Å²) in [6, 6.07) is 66.5. The van der Waals surface area contributed by atoms with E-state index in [4.69, 9.17) is 8.83 Å². The van der Waals surface area contributed by atoms with Gasteiger partial charge in [-0.15, -0.1) is 0 Å². The molecule has 0 bridgehead atoms. The molecule has 0 saturated heterocycles. The summed E-state index contributed by atoms with van der Waals surface area (Å²) >= 11 is 0. The highest BCUT2D eigenvalue weighted by Crippen LogP contribution is 2.53. The summed E-state index contributed by atoms with van der Waals surface area (Å²) in [5.41, 5.74) is 16.1. The van der Waals surface area contributed by atoms with Gasteiger partial charge in [-0.3, -0.25) is 0 Å². The van der Waals surface area contributed by atoms with E-state index in [1.165, 1.54) is 87.8 Å². The predicted octanol–water partition coefficient (Wildman–Crippen LogP) is 16.3. The fourth-order valence-electron chi connectivity index (χ4n) is 10.5. The van der Waals surface area contributed by atoms with Gasteiger partial charge in [0.15, 0.2) is 0 Å². The van der Waals surface area contributed by atoms with Gasteiger partial charge >= 0.3 is 0 Å². The minimum absolute atomic E-state index is 0.135. The molecule has 12 aromatic rings. The van der Waals surface area contributed by atoms with Crippen molar-refractivity contribution in [2.75, 3.05) is 0 Å². The van der Waals surface area contributed by atoms with Gasteiger partial charge in [0.2, 0.25) is 0 Å². The number of furan rings is 2. The zero-order valence-corrected chi connectivity index (χ0v) is 32.6. The lowest BCUT2D eigenvalue weighted by Crippen LogP contribution is -2.15. The minimum atomic E-state index is -0.135. The first-order valence-electron chi connectivity index (χ1n) is 20.5. The summed E-state index contributed by atoms with van der Waals surface area (Å²) in [5, 5.41) is 11.9. The first-order chi connectivity index (χ1) is 29.0. The van der Waals surface area contributed by atoms with E-state index in [0.717, 1.165) is 44.1 Å². The number of fused-ring (bicyclic) bond motifs is 13. The fourth-order valence-corrected chi connectivity index (χ4v) is 10.5. The van der Waals surface area contributed by atoms with Crippen LogP contribution in [0.5, 0.6) is 0 Å². The number of hydrogen-bond donors (Lipinski definition) is 0. The molecule has 0 radical (unpaired) electrons. The topological polar surface area (TPSA) is 26.3 Å². The van der Waals surface area contributed by atoms with E-state index in [2.05, 4.69) is 184 Å². The van der Waals surface area contributed by atoms with Crippen LogP contribution in [-0.2, 0) is 5.41 Å². The third-order valence-electron chi connectivity index (χ3n) is 13.2. The van der Waals surface area contributed by atoms with E-state index in [1.807, 2.05) is 12.1 Å². The van der Waals surface area contributed by atoms with Gasteiger partial charge in [-0.2, -0.15) is 0 Å². The highest BCUT2D eigenvalue weighted by molar-refractivity contribution is 6.22. The van der Waals surface area contributed by atoms with Crippen molar-refractivity contribution in [1.82, 2.24) is 0 Å². The van der Waals surface area contributed by atoms with Crippen LogP contribution >= 0.6 is 0 Å². The molecule has 0 aliphatic heterocycles. The third-order valence-corrected chi connectivity index (χ3v) is 13.2. The van der Waals surface area contributed by atoms with E-state index in [0.29, 0.717) is 0 Å². The monoisotopic (exact) mass is 752 g/mol. The average Bonchev–Trinajstić information content (AvgIpc) is 3.91. The molecule has 2 aromatic heterocycles. The van der Waals surface area contributed by atoms with Crippen molar-refractivity contribution in [1.29, 1.82) is 0 Å². The standard InChI is InChI=1S/C57H36O2/c1-57(2)49-17-9-7-11-39(49)46-27-28-47-48-30-38-29-35(23-24-36(38)31-52(48)59-56(47)55(46)57)33-19-21-34(22-20-33)53-42-13-3-5-15-44(42)54(45-16-6-4-14-43(45)53)37-25-26-41-40-12-8-10-18-50(40)58-51(41)32-37/h3-32H,1-2H3. The summed E-state index contributed by atoms with van der Waals surface area (Å²) in [6.07, 6.45) is 0. The average molecular weight is 753 g/mol. The maximum atomic E-state index is 6.76. The molecule has 276 valence electrons. The second-order valence-corrected chi connectivity index (χ2v) is 16.8. The predicted molar refractivity (Wildman–Crippen MR) is 247 cm³/mol. The van der Waals surface area contributed by atoms with Crippen molar-refractivity contribution < 1.29 is 8.83 Å². The molecule has 1 aliphatic carbocycles. The Bertz CT molecular complexity index is 3690. The second kappa shape index (κ2) is 11.8. The van der Waals surface area contributed by atoms with Gasteiger partial charge in [-0.25, -0.2) is 0 Å². The summed E-state index contributed by atoms with van der Waals surface area (Å²) in [5.74, 6) is 0. The van der Waals surface area contributed by atoms with E-state index in [-0.39, 0.29) is 5.41 Å². The van der Waals surface area contributed by atoms with Crippen molar-refractivity contribution in [2.45, 2.75) is 19.3 Å². The molecule has 0 spiro atoms. The lowest BCUT2D eigenvalue weighted by molar-refractivity contribution is 0.620.